The molecule has 0 heterocycles. The molecule has 0 aliphatic carbocycles. The van der Waals surface area contributed by atoms with E-state index in [0.29, 0.717) is 35.9 Å². The number of carbonyl (C=O) groups excluding carboxylic acids is 2. The van der Waals surface area contributed by atoms with Crippen LogP contribution < -0.4 is 20.1 Å². The first-order valence-electron chi connectivity index (χ1n) is 11.3. The van der Waals surface area contributed by atoms with Gasteiger partial charge < -0.3 is 20.1 Å². The average Bonchev–Trinajstić information content (AvgIpc) is 2.88. The van der Waals surface area contributed by atoms with Crippen LogP contribution in [0.15, 0.2) is 84.4 Å². The van der Waals surface area contributed by atoms with Crippen LogP contribution in [0.25, 0.3) is 6.08 Å². The van der Waals surface area contributed by atoms with Gasteiger partial charge in [-0.3, -0.25) is 9.59 Å². The molecule has 7 heteroatoms. The van der Waals surface area contributed by atoms with Crippen molar-refractivity contribution in [3.63, 3.8) is 0 Å². The van der Waals surface area contributed by atoms with Crippen LogP contribution in [-0.4, -0.2) is 31.6 Å². The predicted molar refractivity (Wildman–Crippen MR) is 135 cm³/mol. The van der Waals surface area contributed by atoms with E-state index in [1.165, 1.54) is 6.08 Å². The van der Waals surface area contributed by atoms with E-state index in [-0.39, 0.29) is 18.1 Å². The molecule has 0 fully saturated rings. The number of amides is 2. The summed E-state index contributed by atoms with van der Waals surface area (Å²) in [7, 11) is 0. The Bertz CT molecular complexity index is 1180. The molecule has 3 aromatic rings. The summed E-state index contributed by atoms with van der Waals surface area (Å²) in [5.74, 6) is 0.498. The topological polar surface area (TPSA) is 100 Å². The fraction of sp³-hybridized carbons (Fsp3) is 0.179. The molecule has 35 heavy (non-hydrogen) atoms. The number of benzene rings is 3. The highest BCUT2D eigenvalue weighted by atomic mass is 16.5. The maximum Gasteiger partial charge on any atom is 0.266 e. The standard InChI is InChI=1S/C28H27N3O4/c1-2-34-25-14-10-24(11-15-25)31-28(33)23(19-29)18-22-8-12-26(13-9-22)35-20-27(32)30-17-16-21-6-4-3-5-7-21/h3-15,18H,2,16-17,20H2,1H3,(H,30,32)(H,31,33)/b23-18+. The molecule has 7 nitrogen and oxygen atoms in total. The van der Waals surface area contributed by atoms with Gasteiger partial charge >= 0.3 is 0 Å². The Labute approximate surface area is 205 Å². The number of nitrogens with one attached hydrogen (secondary N) is 2. The zero-order valence-electron chi connectivity index (χ0n) is 19.5. The van der Waals surface area contributed by atoms with Gasteiger partial charge in [-0.05, 0) is 66.9 Å². The minimum atomic E-state index is -0.510. The third kappa shape index (κ3) is 8.37. The van der Waals surface area contributed by atoms with E-state index in [1.54, 1.807) is 48.5 Å². The molecule has 0 saturated carbocycles. The summed E-state index contributed by atoms with van der Waals surface area (Å²) >= 11 is 0. The van der Waals surface area contributed by atoms with Gasteiger partial charge in [0.05, 0.1) is 6.61 Å². The summed E-state index contributed by atoms with van der Waals surface area (Å²) in [6, 6.07) is 25.5. The summed E-state index contributed by atoms with van der Waals surface area (Å²) < 4.78 is 10.9. The van der Waals surface area contributed by atoms with Crippen LogP contribution in [0.1, 0.15) is 18.1 Å². The second-order valence-electron chi connectivity index (χ2n) is 7.52. The zero-order chi connectivity index (χ0) is 24.9. The second kappa shape index (κ2) is 13.2. The molecular weight excluding hydrogens is 442 g/mol. The monoisotopic (exact) mass is 469 g/mol. The van der Waals surface area contributed by atoms with Gasteiger partial charge in [0.2, 0.25) is 0 Å². The molecule has 0 aliphatic heterocycles. The summed E-state index contributed by atoms with van der Waals surface area (Å²) in [6.45, 7) is 2.88. The second-order valence-corrected chi connectivity index (χ2v) is 7.52. The Morgan fingerprint density at radius 3 is 2.23 bits per heavy atom. The quantitative estimate of drug-likeness (QED) is 0.321. The fourth-order valence-electron chi connectivity index (χ4n) is 3.17. The summed E-state index contributed by atoms with van der Waals surface area (Å²) in [4.78, 5) is 24.5. The molecule has 3 rings (SSSR count). The molecule has 0 atom stereocenters. The number of nitriles is 1. The van der Waals surface area contributed by atoms with Crippen LogP contribution in [0, 0.1) is 11.3 Å². The van der Waals surface area contributed by atoms with E-state index in [9.17, 15) is 14.9 Å². The van der Waals surface area contributed by atoms with Crippen molar-refractivity contribution in [1.82, 2.24) is 5.32 Å². The lowest BCUT2D eigenvalue weighted by molar-refractivity contribution is -0.123. The molecule has 0 saturated heterocycles. The highest BCUT2D eigenvalue weighted by Crippen LogP contribution is 2.18. The number of anilines is 1. The van der Waals surface area contributed by atoms with Crippen molar-refractivity contribution in [2.45, 2.75) is 13.3 Å². The van der Waals surface area contributed by atoms with E-state index < -0.39 is 5.91 Å². The Hall–Kier alpha value is -4.57. The minimum Gasteiger partial charge on any atom is -0.494 e. The first-order valence-corrected chi connectivity index (χ1v) is 11.3. The van der Waals surface area contributed by atoms with Crippen LogP contribution in [0.5, 0.6) is 11.5 Å². The molecular formula is C28H27N3O4. The number of carbonyl (C=O) groups is 2. The maximum absolute atomic E-state index is 12.5. The van der Waals surface area contributed by atoms with E-state index in [2.05, 4.69) is 10.6 Å². The summed E-state index contributed by atoms with van der Waals surface area (Å²) in [5.41, 5.74) is 2.33. The number of hydrogen-bond donors (Lipinski definition) is 2. The first kappa shape index (κ1) is 25.1. The molecule has 0 aliphatic rings. The van der Waals surface area contributed by atoms with Crippen molar-refractivity contribution < 1.29 is 19.1 Å². The van der Waals surface area contributed by atoms with Gasteiger partial charge in [0.15, 0.2) is 6.61 Å². The number of nitrogens with zero attached hydrogens (tertiary/aromatic N) is 1. The third-order valence-corrected chi connectivity index (χ3v) is 4.93. The molecule has 0 spiro atoms. The smallest absolute Gasteiger partial charge is 0.266 e. The Kier molecular flexibility index (Phi) is 9.46. The van der Waals surface area contributed by atoms with Crippen LogP contribution >= 0.6 is 0 Å². The highest BCUT2D eigenvalue weighted by Gasteiger charge is 2.10. The van der Waals surface area contributed by atoms with E-state index >= 15 is 0 Å². The zero-order valence-corrected chi connectivity index (χ0v) is 19.5. The summed E-state index contributed by atoms with van der Waals surface area (Å²) in [5, 5.41) is 15.0. The Morgan fingerprint density at radius 1 is 0.914 bits per heavy atom. The Morgan fingerprint density at radius 2 is 1.57 bits per heavy atom. The number of ether oxygens (including phenoxy) is 2. The van der Waals surface area contributed by atoms with E-state index in [1.807, 2.05) is 43.3 Å². The maximum atomic E-state index is 12.5. The first-order chi connectivity index (χ1) is 17.1. The lowest BCUT2D eigenvalue weighted by Gasteiger charge is -2.08. The van der Waals surface area contributed by atoms with E-state index in [0.717, 1.165) is 12.0 Å². The van der Waals surface area contributed by atoms with Gasteiger partial charge in [-0.1, -0.05) is 42.5 Å². The van der Waals surface area contributed by atoms with Crippen molar-refractivity contribution in [3.05, 3.63) is 95.6 Å². The van der Waals surface area contributed by atoms with Crippen molar-refractivity contribution in [3.8, 4) is 17.6 Å². The van der Waals surface area contributed by atoms with Gasteiger partial charge in [0.25, 0.3) is 11.8 Å². The SMILES string of the molecule is CCOc1ccc(NC(=O)/C(C#N)=C/c2ccc(OCC(=O)NCCc3ccccc3)cc2)cc1. The van der Waals surface area contributed by atoms with Crippen LogP contribution in [0.4, 0.5) is 5.69 Å². The molecule has 0 unspecified atom stereocenters. The number of hydrogen-bond acceptors (Lipinski definition) is 5. The Balaban J connectivity index is 1.48. The fourth-order valence-corrected chi connectivity index (χ4v) is 3.17. The van der Waals surface area contributed by atoms with Crippen molar-refractivity contribution in [2.75, 3.05) is 25.1 Å². The molecule has 3 aromatic carbocycles. The minimum absolute atomic E-state index is 0.0367. The van der Waals surface area contributed by atoms with Gasteiger partial charge in [0, 0.05) is 12.2 Å². The normalized spacial score (nSPS) is 10.7. The molecule has 2 amide bonds. The molecule has 0 aromatic heterocycles. The van der Waals surface area contributed by atoms with Gasteiger partial charge in [0.1, 0.15) is 23.1 Å². The van der Waals surface area contributed by atoms with E-state index in [4.69, 9.17) is 9.47 Å². The average molecular weight is 470 g/mol. The predicted octanol–water partition coefficient (Wildman–Crippen LogP) is 4.37. The van der Waals surface area contributed by atoms with Crippen molar-refractivity contribution in [1.29, 1.82) is 5.26 Å². The highest BCUT2D eigenvalue weighted by molar-refractivity contribution is 6.09. The van der Waals surface area contributed by atoms with Crippen molar-refractivity contribution >= 4 is 23.6 Å². The van der Waals surface area contributed by atoms with Crippen LogP contribution in [0.2, 0.25) is 0 Å². The van der Waals surface area contributed by atoms with Crippen molar-refractivity contribution in [2.24, 2.45) is 0 Å². The molecule has 178 valence electrons. The lowest BCUT2D eigenvalue weighted by atomic mass is 10.1. The largest absolute Gasteiger partial charge is 0.494 e. The van der Waals surface area contributed by atoms with Gasteiger partial charge in [-0.2, -0.15) is 5.26 Å². The number of rotatable bonds is 11. The third-order valence-electron chi connectivity index (χ3n) is 4.93. The van der Waals surface area contributed by atoms with Gasteiger partial charge in [-0.15, -0.1) is 0 Å². The van der Waals surface area contributed by atoms with Gasteiger partial charge in [-0.25, -0.2) is 0 Å². The lowest BCUT2D eigenvalue weighted by Crippen LogP contribution is -2.30. The van der Waals surface area contributed by atoms with Crippen LogP contribution in [-0.2, 0) is 16.0 Å². The molecule has 0 radical (unpaired) electrons. The molecule has 2 N–H and O–H groups in total. The molecule has 0 bridgehead atoms. The summed E-state index contributed by atoms with van der Waals surface area (Å²) in [6.07, 6.45) is 2.24. The van der Waals surface area contributed by atoms with Crippen LogP contribution in [0.3, 0.4) is 0 Å².